The average molecular weight is 104 g/mol. The first-order valence-corrected chi connectivity index (χ1v) is 0. The van der Waals surface area contributed by atoms with Gasteiger partial charge in [-0.3, -0.25) is 14.1 Å². The normalized spacial score (nSPS) is 0. The zero-order valence-electron chi connectivity index (χ0n) is 1.22. The Hall–Kier alpha value is 0.387. The van der Waals surface area contributed by atoms with Crippen molar-refractivity contribution in [1.29, 1.82) is 0 Å². The molecule has 0 rings (SSSR count). The minimum atomic E-state index is 0. The van der Waals surface area contributed by atoms with Crippen LogP contribution in [0.2, 0.25) is 0 Å². The van der Waals surface area contributed by atoms with Gasteiger partial charge in [-0.2, -0.15) is 0 Å². The standard InChI is InChI=1S/Al.BH3.3FH.3H/h;1H3;3*1H;;;. The molecule has 0 bridgehead atoms. The Labute approximate surface area is 40.8 Å². The lowest BCUT2D eigenvalue weighted by Gasteiger charge is -0.270. The molecule has 0 fully saturated rings. The second-order valence-electron chi connectivity index (χ2n) is 0. The van der Waals surface area contributed by atoms with E-state index in [2.05, 4.69) is 0 Å². The fraction of sp³-hybridized carbons (Fsp3) is 0. The van der Waals surface area contributed by atoms with E-state index < -0.39 is 0 Å². The minimum Gasteiger partial charge on any atom is -0.269 e. The van der Waals surface area contributed by atoms with Gasteiger partial charge < -0.3 is 0 Å². The highest BCUT2D eigenvalue weighted by Crippen LogP contribution is 0.422. The van der Waals surface area contributed by atoms with E-state index in [0.717, 1.165) is 0 Å². The molecule has 5 heavy (non-hydrogen) atoms. The summed E-state index contributed by atoms with van der Waals surface area (Å²) in [5, 5.41) is 0. The smallest absolute Gasteiger partial charge is 0.187 e. The van der Waals surface area contributed by atoms with E-state index in [0.29, 0.717) is 0 Å². The van der Waals surface area contributed by atoms with E-state index in [1.54, 1.807) is 0 Å². The van der Waals surface area contributed by atoms with Crippen LogP contribution in [0.25, 0.3) is 0 Å². The highest BCUT2D eigenvalue weighted by Gasteiger charge is 0.187. The maximum absolute atomic E-state index is 0. The van der Waals surface area contributed by atoms with Gasteiger partial charge in [-0.1, -0.05) is 0 Å². The molecule has 0 aliphatic carbocycles. The molecule has 0 aromatic heterocycles. The van der Waals surface area contributed by atoms with Crippen LogP contribution < -0.4 is 0 Å². The highest BCUT2D eigenvalue weighted by molar-refractivity contribution is 5.76. The summed E-state index contributed by atoms with van der Waals surface area (Å²) >= 11 is 0. The predicted molar refractivity (Wildman–Crippen MR) is 27.4 cm³/mol. The first-order valence-electron chi connectivity index (χ1n) is 0. The number of halogens is 3. The fourth-order valence-corrected chi connectivity index (χ4v) is 0. The van der Waals surface area contributed by atoms with E-state index in [4.69, 9.17) is 0 Å². The molecule has 0 aromatic carbocycles. The van der Waals surface area contributed by atoms with Crippen molar-refractivity contribution < 1.29 is 14.1 Å². The first-order chi connectivity index (χ1) is 0. The van der Waals surface area contributed by atoms with Crippen molar-refractivity contribution in [2.24, 2.45) is 0 Å². The van der Waals surface area contributed by atoms with E-state index in [-0.39, 0.29) is 39.9 Å². The van der Waals surface area contributed by atoms with Crippen molar-refractivity contribution in [2.45, 2.75) is 0 Å². The van der Waals surface area contributed by atoms with Crippen LogP contribution in [0.1, 0.15) is 0 Å². The van der Waals surface area contributed by atoms with Gasteiger partial charge in [0.25, 0.3) is 0 Å². The number of rotatable bonds is 0. The molecule has 0 N–H and O–H groups in total. The third-order valence-electron chi connectivity index (χ3n) is 0. The van der Waals surface area contributed by atoms with E-state index in [1.807, 2.05) is 0 Å². The zero-order chi connectivity index (χ0) is 0. The van der Waals surface area contributed by atoms with Crippen LogP contribution in [0.5, 0.6) is 0 Å². The maximum Gasteiger partial charge on any atom is 0.187 e. The summed E-state index contributed by atoms with van der Waals surface area (Å²) in [6, 6.07) is 0. The second kappa shape index (κ2) is 335. The third kappa shape index (κ3) is 167. The molecular weight excluding hydrogens is 94.8 g/mol. The third-order valence-corrected chi connectivity index (χ3v) is 0. The van der Waals surface area contributed by atoms with Gasteiger partial charge >= 0.3 is 0 Å². The summed E-state index contributed by atoms with van der Waals surface area (Å²) in [5.74, 6) is 0. The Morgan fingerprint density at radius 1 is 0.600 bits per heavy atom. The monoisotopic (exact) mass is 104 g/mol. The van der Waals surface area contributed by atoms with Crippen LogP contribution in [0.15, 0.2) is 0 Å². The molecule has 5 heteroatoms. The van der Waals surface area contributed by atoms with Gasteiger partial charge in [0.2, 0.25) is 0 Å². The first kappa shape index (κ1) is 691. The van der Waals surface area contributed by atoms with E-state index >= 15 is 0 Å². The minimum absolute atomic E-state index is 0. The van der Waals surface area contributed by atoms with E-state index in [9.17, 15) is 0 Å². The molecule has 0 saturated heterocycles. The van der Waals surface area contributed by atoms with Gasteiger partial charge in [0.05, 0.1) is 8.41 Å². The summed E-state index contributed by atoms with van der Waals surface area (Å²) < 4.78 is 0. The Morgan fingerprint density at radius 3 is 0.600 bits per heavy atom. The van der Waals surface area contributed by atoms with Crippen LogP contribution in [-0.4, -0.2) is 25.8 Å². The van der Waals surface area contributed by atoms with Crippen LogP contribution >= 0.6 is 0 Å². The highest BCUT2D eigenvalue weighted by atomic mass is 27.0. The molecule has 36 valence electrons. The summed E-state index contributed by atoms with van der Waals surface area (Å²) in [6.07, 6.45) is 0. The Morgan fingerprint density at radius 2 is 0.600 bits per heavy atom. The molecule has 0 atom stereocenters. The van der Waals surface area contributed by atoms with Gasteiger partial charge in [0, 0.05) is 0 Å². The van der Waals surface area contributed by atoms with Crippen LogP contribution in [0.3, 0.4) is 0 Å². The summed E-state index contributed by atoms with van der Waals surface area (Å²) in [6.45, 7) is 0. The number of hydrogen-bond acceptors (Lipinski definition) is 0. The lowest BCUT2D eigenvalue weighted by Crippen LogP contribution is -0.382. The average Bonchev–Trinajstić information content (AvgIpc) is 0. The van der Waals surface area contributed by atoms with Gasteiger partial charge in [-0.05, 0) is 0 Å². The van der Waals surface area contributed by atoms with Crippen LogP contribution in [0.4, 0.5) is 14.1 Å². The molecule has 0 heterocycles. The Bertz CT molecular complexity index is 6.85. The maximum atomic E-state index is 0. The predicted octanol–water partition coefficient (Wildman–Crippen LogP) is -1.91. The Kier molecular flexibility index (Phi) is 46400. The van der Waals surface area contributed by atoms with E-state index in [1.165, 1.54) is 0 Å². The number of hydrogen-bond donors (Lipinski definition) is 0. The summed E-state index contributed by atoms with van der Waals surface area (Å²) in [7, 11) is 0. The van der Waals surface area contributed by atoms with Crippen LogP contribution in [-0.2, 0) is 0 Å². The molecule has 0 aliphatic rings. The van der Waals surface area contributed by atoms with Crippen molar-refractivity contribution in [1.82, 2.24) is 0 Å². The lowest BCUT2D eigenvalue weighted by molar-refractivity contribution is 1.11. The molecule has 0 spiro atoms. The molecule has 0 amide bonds. The zero-order valence-corrected chi connectivity index (χ0v) is 1.22. The quantitative estimate of drug-likeness (QED) is 0.314. The van der Waals surface area contributed by atoms with Crippen molar-refractivity contribution in [3.05, 3.63) is 0 Å². The lowest BCUT2D eigenvalue weighted by atomic mass is 10.8. The summed E-state index contributed by atoms with van der Waals surface area (Å²) in [4.78, 5) is 0. The summed E-state index contributed by atoms with van der Waals surface area (Å²) in [5.41, 5.74) is 0. The largest absolute Gasteiger partial charge is 0.269 e. The van der Waals surface area contributed by atoms with Crippen molar-refractivity contribution >= 4 is 25.8 Å². The second-order valence-corrected chi connectivity index (χ2v) is 0. The molecule has 0 unspecified atom stereocenters. The van der Waals surface area contributed by atoms with Crippen LogP contribution in [0, 0.1) is 0 Å². The van der Waals surface area contributed by atoms with Gasteiger partial charge in [-0.25, -0.2) is 0 Å². The fourth-order valence-electron chi connectivity index (χ4n) is 0. The Balaban J connectivity index is 0. The van der Waals surface area contributed by atoms with Gasteiger partial charge in [0.1, 0.15) is 0 Å². The topological polar surface area (TPSA) is 0 Å². The molecule has 0 nitrogen and oxygen atoms in total. The molecule has 0 radical (unpaired) electrons. The van der Waals surface area contributed by atoms with Crippen molar-refractivity contribution in [3.63, 3.8) is 0 Å². The SMILES string of the molecule is B.F.F.F.[AlH3]. The molecule has 0 aromatic rings. The molecule has 0 saturated carbocycles. The van der Waals surface area contributed by atoms with Gasteiger partial charge in [0.15, 0.2) is 17.4 Å². The van der Waals surface area contributed by atoms with Crippen molar-refractivity contribution in [3.8, 4) is 0 Å². The molecule has 0 aliphatic heterocycles. The van der Waals surface area contributed by atoms with Crippen molar-refractivity contribution in [2.75, 3.05) is 0 Å². The van der Waals surface area contributed by atoms with Gasteiger partial charge in [-0.15, -0.1) is 0 Å². The molecular formula is H9AlBF3.